The molecule has 0 unspecified atom stereocenters. The third-order valence-corrected chi connectivity index (χ3v) is 6.76. The van der Waals surface area contributed by atoms with Crippen LogP contribution >= 0.6 is 0 Å². The summed E-state index contributed by atoms with van der Waals surface area (Å²) in [5, 5.41) is 11.2. The predicted molar refractivity (Wildman–Crippen MR) is 144 cm³/mol. The average molecular weight is 497 g/mol. The number of ether oxygens (including phenoxy) is 1. The van der Waals surface area contributed by atoms with Crippen molar-refractivity contribution < 1.29 is 9.53 Å². The van der Waals surface area contributed by atoms with Crippen molar-refractivity contribution >= 4 is 11.6 Å². The van der Waals surface area contributed by atoms with Crippen LogP contribution in [0.4, 0.5) is 5.69 Å². The number of methoxy groups -OCH3 is 1. The number of anilines is 1. The Morgan fingerprint density at radius 3 is 2.03 bits per heavy atom. The molecule has 0 radical (unpaired) electrons. The number of rotatable bonds is 8. The quantitative estimate of drug-likeness (QED) is 0.395. The van der Waals surface area contributed by atoms with Gasteiger partial charge in [-0.2, -0.15) is 0 Å². The molecule has 1 aliphatic heterocycles. The fourth-order valence-electron chi connectivity index (χ4n) is 4.60. The summed E-state index contributed by atoms with van der Waals surface area (Å²) >= 11 is 0. The Morgan fingerprint density at radius 2 is 1.43 bits per heavy atom. The van der Waals surface area contributed by atoms with Crippen molar-refractivity contribution in [3.8, 4) is 11.4 Å². The van der Waals surface area contributed by atoms with Crippen LogP contribution in [0.3, 0.4) is 0 Å². The number of hydrogen-bond donors (Lipinski definition) is 1. The van der Waals surface area contributed by atoms with E-state index in [-0.39, 0.29) is 5.91 Å². The van der Waals surface area contributed by atoms with Gasteiger partial charge in [-0.3, -0.25) is 14.6 Å². The number of amides is 1. The van der Waals surface area contributed by atoms with Crippen LogP contribution in [-0.2, 0) is 13.1 Å². The van der Waals surface area contributed by atoms with Crippen molar-refractivity contribution in [2.45, 2.75) is 20.0 Å². The average Bonchev–Trinajstić information content (AvgIpc) is 3.33. The maximum Gasteiger partial charge on any atom is 0.278 e. The van der Waals surface area contributed by atoms with Gasteiger partial charge in [0, 0.05) is 45.0 Å². The molecule has 1 aliphatic rings. The van der Waals surface area contributed by atoms with Gasteiger partial charge < -0.3 is 10.1 Å². The minimum absolute atomic E-state index is 0.278. The Balaban J connectivity index is 1.13. The number of carbonyl (C=O) groups is 1. The Hall–Kier alpha value is -4.01. The number of hydrogen-bond acceptors (Lipinski definition) is 6. The van der Waals surface area contributed by atoms with E-state index >= 15 is 0 Å². The van der Waals surface area contributed by atoms with Crippen LogP contribution in [-0.4, -0.2) is 64.0 Å². The van der Waals surface area contributed by atoms with Crippen molar-refractivity contribution in [2.24, 2.45) is 0 Å². The lowest BCUT2D eigenvalue weighted by molar-refractivity contribution is 0.102. The first-order valence-electron chi connectivity index (χ1n) is 12.5. The SMILES string of the molecule is COc1ccc(-n2nnc(C(=O)Nc3ccc(CN4CCN(Cc5ccccc5)CC4)cc3)c2C)cc1. The molecule has 8 heteroatoms. The van der Waals surface area contributed by atoms with E-state index in [0.717, 1.165) is 56.4 Å². The maximum atomic E-state index is 12.9. The van der Waals surface area contributed by atoms with Gasteiger partial charge in [0.25, 0.3) is 5.91 Å². The van der Waals surface area contributed by atoms with Gasteiger partial charge in [-0.15, -0.1) is 5.10 Å². The van der Waals surface area contributed by atoms with Crippen LogP contribution in [0.5, 0.6) is 5.75 Å². The molecule has 5 rings (SSSR count). The van der Waals surface area contributed by atoms with Gasteiger partial charge in [0.1, 0.15) is 5.75 Å². The van der Waals surface area contributed by atoms with Crippen molar-refractivity contribution in [3.05, 3.63) is 101 Å². The van der Waals surface area contributed by atoms with Crippen LogP contribution in [0.2, 0.25) is 0 Å². The van der Waals surface area contributed by atoms with Crippen LogP contribution < -0.4 is 10.1 Å². The summed E-state index contributed by atoms with van der Waals surface area (Å²) in [6.07, 6.45) is 0. The third-order valence-electron chi connectivity index (χ3n) is 6.76. The summed E-state index contributed by atoms with van der Waals surface area (Å²) in [6.45, 7) is 7.99. The van der Waals surface area contributed by atoms with Gasteiger partial charge in [0.2, 0.25) is 0 Å². The summed E-state index contributed by atoms with van der Waals surface area (Å²) in [7, 11) is 1.62. The molecule has 1 amide bonds. The number of aromatic nitrogens is 3. The topological polar surface area (TPSA) is 75.5 Å². The van der Waals surface area contributed by atoms with E-state index in [1.54, 1.807) is 11.8 Å². The standard InChI is InChI=1S/C29H32N6O2/c1-22-28(31-32-35(22)26-12-14-27(37-2)15-13-26)29(36)30-25-10-8-24(9-11-25)21-34-18-16-33(17-19-34)20-23-6-4-3-5-7-23/h3-15H,16-21H2,1-2H3,(H,30,36). The van der Waals surface area contributed by atoms with Gasteiger partial charge in [-0.05, 0) is 54.4 Å². The lowest BCUT2D eigenvalue weighted by atomic mass is 10.1. The molecule has 0 saturated carbocycles. The highest BCUT2D eigenvalue weighted by Gasteiger charge is 2.19. The number of nitrogens with zero attached hydrogens (tertiary/aromatic N) is 5. The van der Waals surface area contributed by atoms with Crippen molar-refractivity contribution in [1.82, 2.24) is 24.8 Å². The molecule has 4 aromatic rings. The smallest absolute Gasteiger partial charge is 0.278 e. The van der Waals surface area contributed by atoms with E-state index in [1.807, 2.05) is 43.3 Å². The molecule has 37 heavy (non-hydrogen) atoms. The van der Waals surface area contributed by atoms with Crippen LogP contribution in [0, 0.1) is 6.92 Å². The van der Waals surface area contributed by atoms with Gasteiger partial charge in [-0.1, -0.05) is 47.7 Å². The number of carbonyl (C=O) groups excluding carboxylic acids is 1. The molecule has 190 valence electrons. The molecular formula is C29H32N6O2. The molecular weight excluding hydrogens is 464 g/mol. The fraction of sp³-hybridized carbons (Fsp3) is 0.276. The minimum atomic E-state index is -0.278. The molecule has 3 aromatic carbocycles. The van der Waals surface area contributed by atoms with E-state index in [9.17, 15) is 4.79 Å². The molecule has 1 N–H and O–H groups in total. The Labute approximate surface area is 217 Å². The van der Waals surface area contributed by atoms with Crippen molar-refractivity contribution in [3.63, 3.8) is 0 Å². The Morgan fingerprint density at radius 1 is 0.838 bits per heavy atom. The zero-order valence-corrected chi connectivity index (χ0v) is 21.3. The van der Waals surface area contributed by atoms with E-state index in [2.05, 4.69) is 67.9 Å². The van der Waals surface area contributed by atoms with E-state index in [4.69, 9.17) is 4.74 Å². The third kappa shape index (κ3) is 6.04. The lowest BCUT2D eigenvalue weighted by Crippen LogP contribution is -2.45. The van der Waals surface area contributed by atoms with Crippen LogP contribution in [0.15, 0.2) is 78.9 Å². The number of benzene rings is 3. The predicted octanol–water partition coefficient (Wildman–Crippen LogP) is 4.15. The van der Waals surface area contributed by atoms with Gasteiger partial charge in [0.15, 0.2) is 5.69 Å². The van der Waals surface area contributed by atoms with E-state index in [1.165, 1.54) is 11.1 Å². The van der Waals surface area contributed by atoms with E-state index in [0.29, 0.717) is 11.4 Å². The first-order valence-corrected chi connectivity index (χ1v) is 12.5. The number of nitrogens with one attached hydrogen (secondary N) is 1. The molecule has 1 saturated heterocycles. The second kappa shape index (κ2) is 11.4. The fourth-order valence-corrected chi connectivity index (χ4v) is 4.60. The highest BCUT2D eigenvalue weighted by Crippen LogP contribution is 2.19. The minimum Gasteiger partial charge on any atom is -0.497 e. The van der Waals surface area contributed by atoms with Crippen LogP contribution in [0.1, 0.15) is 27.3 Å². The molecule has 0 aliphatic carbocycles. The first-order chi connectivity index (χ1) is 18.1. The largest absolute Gasteiger partial charge is 0.497 e. The lowest BCUT2D eigenvalue weighted by Gasteiger charge is -2.34. The van der Waals surface area contributed by atoms with Gasteiger partial charge in [0.05, 0.1) is 18.5 Å². The molecule has 1 fully saturated rings. The maximum absolute atomic E-state index is 12.9. The van der Waals surface area contributed by atoms with Crippen LogP contribution in [0.25, 0.3) is 5.69 Å². The summed E-state index contributed by atoms with van der Waals surface area (Å²) < 4.78 is 6.86. The van der Waals surface area contributed by atoms with Gasteiger partial charge in [-0.25, -0.2) is 4.68 Å². The second-order valence-electron chi connectivity index (χ2n) is 9.32. The molecule has 0 spiro atoms. The highest BCUT2D eigenvalue weighted by molar-refractivity contribution is 6.03. The summed E-state index contributed by atoms with van der Waals surface area (Å²) in [5.41, 5.74) is 5.12. The molecule has 1 aromatic heterocycles. The normalized spacial score (nSPS) is 14.4. The highest BCUT2D eigenvalue weighted by atomic mass is 16.5. The Kier molecular flexibility index (Phi) is 7.58. The van der Waals surface area contributed by atoms with Crippen molar-refractivity contribution in [2.75, 3.05) is 38.6 Å². The monoisotopic (exact) mass is 496 g/mol. The van der Waals surface area contributed by atoms with Crippen molar-refractivity contribution in [1.29, 1.82) is 0 Å². The summed E-state index contributed by atoms with van der Waals surface area (Å²) in [6, 6.07) is 26.2. The second-order valence-corrected chi connectivity index (χ2v) is 9.32. The summed E-state index contributed by atoms with van der Waals surface area (Å²) in [5.74, 6) is 0.479. The molecule has 8 nitrogen and oxygen atoms in total. The molecule has 0 bridgehead atoms. The molecule has 2 heterocycles. The zero-order chi connectivity index (χ0) is 25.6. The van der Waals surface area contributed by atoms with Gasteiger partial charge >= 0.3 is 0 Å². The first kappa shape index (κ1) is 24.7. The Bertz CT molecular complexity index is 1310. The number of piperazine rings is 1. The van der Waals surface area contributed by atoms with E-state index < -0.39 is 0 Å². The summed E-state index contributed by atoms with van der Waals surface area (Å²) in [4.78, 5) is 17.9. The molecule has 0 atom stereocenters. The zero-order valence-electron chi connectivity index (χ0n) is 21.3.